The minimum atomic E-state index is -0.356. The van der Waals surface area contributed by atoms with Crippen molar-refractivity contribution in [2.24, 2.45) is 0 Å². The largest absolute Gasteiger partial charge is 0.483 e. The van der Waals surface area contributed by atoms with E-state index in [1.54, 1.807) is 48.5 Å². The number of carbonyl (C=O) groups is 3. The Balaban J connectivity index is 1.25. The van der Waals surface area contributed by atoms with Gasteiger partial charge in [-0.3, -0.25) is 14.4 Å². The molecule has 1 aliphatic rings. The van der Waals surface area contributed by atoms with Crippen LogP contribution >= 0.6 is 0 Å². The number of nitrogens with one attached hydrogen (secondary N) is 1. The van der Waals surface area contributed by atoms with Gasteiger partial charge in [0, 0.05) is 11.1 Å². The van der Waals surface area contributed by atoms with Crippen molar-refractivity contribution >= 4 is 39.9 Å². The Labute approximate surface area is 184 Å². The SMILES string of the molecule is O=C(COc1cccc2ccccc12)Nc1ccc(N2C(=O)c3ccccc3C2=O)cc1. The lowest BCUT2D eigenvalue weighted by Crippen LogP contribution is -2.29. The first-order valence-corrected chi connectivity index (χ1v) is 10.1. The minimum Gasteiger partial charge on any atom is -0.483 e. The van der Waals surface area contributed by atoms with E-state index in [-0.39, 0.29) is 24.3 Å². The summed E-state index contributed by atoms with van der Waals surface area (Å²) in [5, 5.41) is 4.74. The maximum Gasteiger partial charge on any atom is 0.266 e. The molecule has 6 nitrogen and oxygen atoms in total. The molecular formula is C26H18N2O4. The van der Waals surface area contributed by atoms with E-state index >= 15 is 0 Å². The van der Waals surface area contributed by atoms with Crippen LogP contribution in [0.2, 0.25) is 0 Å². The molecule has 0 bridgehead atoms. The molecule has 32 heavy (non-hydrogen) atoms. The van der Waals surface area contributed by atoms with Crippen LogP contribution < -0.4 is 15.0 Å². The highest BCUT2D eigenvalue weighted by Gasteiger charge is 2.36. The van der Waals surface area contributed by atoms with E-state index in [0.29, 0.717) is 28.3 Å². The summed E-state index contributed by atoms with van der Waals surface area (Å²) in [5.74, 6) is -0.387. The van der Waals surface area contributed by atoms with Gasteiger partial charge < -0.3 is 10.1 Å². The van der Waals surface area contributed by atoms with Gasteiger partial charge in [0.25, 0.3) is 17.7 Å². The Kier molecular flexibility index (Phi) is 4.88. The van der Waals surface area contributed by atoms with Crippen molar-refractivity contribution in [3.8, 4) is 5.75 Å². The molecule has 5 rings (SSSR count). The molecule has 1 heterocycles. The summed E-state index contributed by atoms with van der Waals surface area (Å²) in [6, 6.07) is 26.8. The van der Waals surface area contributed by atoms with Crippen LogP contribution in [0.3, 0.4) is 0 Å². The molecular weight excluding hydrogens is 404 g/mol. The van der Waals surface area contributed by atoms with Gasteiger partial charge in [0.2, 0.25) is 0 Å². The standard InChI is InChI=1S/C26H18N2O4/c29-24(16-32-23-11-5-7-17-6-1-2-8-20(17)23)27-18-12-14-19(15-13-18)28-25(30)21-9-3-4-10-22(21)26(28)31/h1-15H,16H2,(H,27,29). The number of hydrogen-bond acceptors (Lipinski definition) is 4. The topological polar surface area (TPSA) is 75.7 Å². The fraction of sp³-hybridized carbons (Fsp3) is 0.0385. The summed E-state index contributed by atoms with van der Waals surface area (Å²) >= 11 is 0. The molecule has 0 aromatic heterocycles. The maximum atomic E-state index is 12.6. The normalized spacial score (nSPS) is 12.7. The van der Waals surface area contributed by atoms with E-state index in [1.165, 1.54) is 0 Å². The average Bonchev–Trinajstić information content (AvgIpc) is 3.08. The van der Waals surface area contributed by atoms with E-state index in [1.807, 2.05) is 42.5 Å². The van der Waals surface area contributed by atoms with E-state index in [2.05, 4.69) is 5.32 Å². The van der Waals surface area contributed by atoms with Crippen LogP contribution in [-0.2, 0) is 4.79 Å². The van der Waals surface area contributed by atoms with Crippen LogP contribution in [0.25, 0.3) is 10.8 Å². The monoisotopic (exact) mass is 422 g/mol. The molecule has 6 heteroatoms. The highest BCUT2D eigenvalue weighted by molar-refractivity contribution is 6.34. The lowest BCUT2D eigenvalue weighted by atomic mass is 10.1. The number of fused-ring (bicyclic) bond motifs is 2. The molecule has 0 spiro atoms. The summed E-state index contributed by atoms with van der Waals surface area (Å²) < 4.78 is 5.71. The first-order valence-electron chi connectivity index (χ1n) is 10.1. The first kappa shape index (κ1) is 19.5. The van der Waals surface area contributed by atoms with Crippen LogP contribution in [-0.4, -0.2) is 24.3 Å². The first-order chi connectivity index (χ1) is 15.6. The highest BCUT2D eigenvalue weighted by Crippen LogP contribution is 2.29. The Hall–Kier alpha value is -4.45. The molecule has 4 aromatic rings. The number of imide groups is 1. The quantitative estimate of drug-likeness (QED) is 0.475. The lowest BCUT2D eigenvalue weighted by Gasteiger charge is -2.15. The maximum absolute atomic E-state index is 12.6. The summed E-state index contributed by atoms with van der Waals surface area (Å²) in [6.45, 7) is -0.145. The molecule has 0 unspecified atom stereocenters. The fourth-order valence-corrected chi connectivity index (χ4v) is 3.78. The number of ether oxygens (including phenoxy) is 1. The molecule has 0 saturated heterocycles. The predicted octanol–water partition coefficient (Wildman–Crippen LogP) is 4.66. The Morgan fingerprint density at radius 3 is 2.09 bits per heavy atom. The van der Waals surface area contributed by atoms with E-state index in [0.717, 1.165) is 15.7 Å². The molecule has 156 valence electrons. The number of rotatable bonds is 5. The Morgan fingerprint density at radius 2 is 1.38 bits per heavy atom. The van der Waals surface area contributed by atoms with Crippen molar-refractivity contribution in [1.82, 2.24) is 0 Å². The predicted molar refractivity (Wildman–Crippen MR) is 122 cm³/mol. The number of anilines is 2. The molecule has 0 radical (unpaired) electrons. The molecule has 4 aromatic carbocycles. The van der Waals surface area contributed by atoms with Gasteiger partial charge in [-0.25, -0.2) is 4.90 Å². The number of hydrogen-bond donors (Lipinski definition) is 1. The molecule has 0 saturated carbocycles. The zero-order chi connectivity index (χ0) is 22.1. The number of carbonyl (C=O) groups excluding carboxylic acids is 3. The van der Waals surface area contributed by atoms with Gasteiger partial charge in [-0.15, -0.1) is 0 Å². The van der Waals surface area contributed by atoms with Crippen molar-refractivity contribution in [2.75, 3.05) is 16.8 Å². The third kappa shape index (κ3) is 3.48. The third-order valence-corrected chi connectivity index (χ3v) is 5.31. The molecule has 0 aliphatic carbocycles. The van der Waals surface area contributed by atoms with Crippen molar-refractivity contribution in [2.45, 2.75) is 0 Å². The summed E-state index contributed by atoms with van der Waals surface area (Å²) in [5.41, 5.74) is 1.76. The molecule has 1 N–H and O–H groups in total. The van der Waals surface area contributed by atoms with Gasteiger partial charge in [0.1, 0.15) is 5.75 Å². The number of nitrogens with zero attached hydrogens (tertiary/aromatic N) is 1. The van der Waals surface area contributed by atoms with Crippen molar-refractivity contribution in [3.63, 3.8) is 0 Å². The summed E-state index contributed by atoms with van der Waals surface area (Å²) in [4.78, 5) is 38.7. The van der Waals surface area contributed by atoms with Crippen LogP contribution in [0.1, 0.15) is 20.7 Å². The third-order valence-electron chi connectivity index (χ3n) is 5.31. The summed E-state index contributed by atoms with van der Waals surface area (Å²) in [6.07, 6.45) is 0. The van der Waals surface area contributed by atoms with Crippen LogP contribution in [0.4, 0.5) is 11.4 Å². The van der Waals surface area contributed by atoms with E-state index in [9.17, 15) is 14.4 Å². The average molecular weight is 422 g/mol. The van der Waals surface area contributed by atoms with Gasteiger partial charge in [-0.2, -0.15) is 0 Å². The smallest absolute Gasteiger partial charge is 0.266 e. The Morgan fingerprint density at radius 1 is 0.750 bits per heavy atom. The van der Waals surface area contributed by atoms with Crippen LogP contribution in [0, 0.1) is 0 Å². The lowest BCUT2D eigenvalue weighted by molar-refractivity contribution is -0.118. The second kappa shape index (κ2) is 8.00. The number of amides is 3. The van der Waals surface area contributed by atoms with Gasteiger partial charge >= 0.3 is 0 Å². The number of benzene rings is 4. The second-order valence-corrected chi connectivity index (χ2v) is 7.35. The Bertz CT molecular complexity index is 1320. The van der Waals surface area contributed by atoms with Gasteiger partial charge in [0.15, 0.2) is 6.61 Å². The molecule has 1 aliphatic heterocycles. The van der Waals surface area contributed by atoms with E-state index < -0.39 is 0 Å². The molecule has 0 atom stereocenters. The van der Waals surface area contributed by atoms with Gasteiger partial charge in [0.05, 0.1) is 16.8 Å². The summed E-state index contributed by atoms with van der Waals surface area (Å²) in [7, 11) is 0. The zero-order valence-electron chi connectivity index (χ0n) is 16.9. The highest BCUT2D eigenvalue weighted by atomic mass is 16.5. The minimum absolute atomic E-state index is 0.145. The zero-order valence-corrected chi connectivity index (χ0v) is 16.9. The second-order valence-electron chi connectivity index (χ2n) is 7.35. The van der Waals surface area contributed by atoms with Crippen molar-refractivity contribution in [3.05, 3.63) is 102 Å². The molecule has 0 fully saturated rings. The molecule has 3 amide bonds. The fourth-order valence-electron chi connectivity index (χ4n) is 3.78. The van der Waals surface area contributed by atoms with Gasteiger partial charge in [-0.05, 0) is 47.9 Å². The van der Waals surface area contributed by atoms with Gasteiger partial charge in [-0.1, -0.05) is 48.5 Å². The van der Waals surface area contributed by atoms with Crippen molar-refractivity contribution < 1.29 is 19.1 Å². The van der Waals surface area contributed by atoms with E-state index in [4.69, 9.17) is 4.74 Å². The van der Waals surface area contributed by atoms with Crippen molar-refractivity contribution in [1.29, 1.82) is 0 Å². The van der Waals surface area contributed by atoms with Crippen LogP contribution in [0.15, 0.2) is 91.0 Å². The van der Waals surface area contributed by atoms with Crippen LogP contribution in [0.5, 0.6) is 5.75 Å².